The van der Waals surface area contributed by atoms with Gasteiger partial charge in [-0.25, -0.2) is 4.68 Å². The van der Waals surface area contributed by atoms with Crippen LogP contribution in [0.3, 0.4) is 0 Å². The summed E-state index contributed by atoms with van der Waals surface area (Å²) < 4.78 is 1.60. The fourth-order valence-electron chi connectivity index (χ4n) is 4.24. The third-order valence-electron chi connectivity index (χ3n) is 5.79. The maximum Gasteiger partial charge on any atom is 0.269 e. The summed E-state index contributed by atoms with van der Waals surface area (Å²) in [7, 11) is 0. The number of nitrogens with two attached hydrogens (primary N) is 2. The van der Waals surface area contributed by atoms with Gasteiger partial charge in [-0.1, -0.05) is 23.7 Å². The minimum Gasteiger partial charge on any atom is -0.508 e. The van der Waals surface area contributed by atoms with Crippen molar-refractivity contribution in [1.82, 2.24) is 9.78 Å². The number of hydrogen-bond donors (Lipinski definition) is 4. The average Bonchev–Trinajstić information content (AvgIpc) is 3.21. The molecule has 0 atom stereocenters. The van der Waals surface area contributed by atoms with Gasteiger partial charge in [0.05, 0.1) is 22.0 Å². The van der Waals surface area contributed by atoms with Crippen molar-refractivity contribution in [3.8, 4) is 22.7 Å². The highest BCUT2D eigenvalue weighted by Crippen LogP contribution is 2.38. The van der Waals surface area contributed by atoms with E-state index in [1.807, 2.05) is 18.2 Å². The highest BCUT2D eigenvalue weighted by atomic mass is 35.5. The molecule has 0 saturated heterocycles. The molecule has 3 aromatic carbocycles. The minimum atomic E-state index is -0.626. The van der Waals surface area contributed by atoms with Crippen LogP contribution in [0.4, 0.5) is 11.4 Å². The topological polar surface area (TPSA) is 136 Å². The first kappa shape index (κ1) is 21.5. The lowest BCUT2D eigenvalue weighted by Gasteiger charge is -2.20. The number of halogens is 1. The standard InChI is InChI=1S/C25H20ClN5O3/c26-21-9-6-14(27)10-20(21)25(34)29-15-7-4-13-5-8-18-22(24(28)33)30-31(23(18)19(13)11-15)16-2-1-3-17(32)12-16/h1-4,6-7,9-12,32H,5,8,27H2,(H2,28,33)(H,29,34). The lowest BCUT2D eigenvalue weighted by molar-refractivity contribution is 0.0992. The number of nitrogen functional groups attached to an aromatic ring is 1. The number of hydrogen-bond acceptors (Lipinski definition) is 5. The van der Waals surface area contributed by atoms with Gasteiger partial charge in [-0.05, 0) is 60.9 Å². The first-order valence-electron chi connectivity index (χ1n) is 10.5. The number of rotatable bonds is 4. The zero-order valence-corrected chi connectivity index (χ0v) is 18.6. The zero-order chi connectivity index (χ0) is 24.0. The normalized spacial score (nSPS) is 12.0. The summed E-state index contributed by atoms with van der Waals surface area (Å²) in [4.78, 5) is 25.0. The predicted molar refractivity (Wildman–Crippen MR) is 130 cm³/mol. The number of phenols is 1. The van der Waals surface area contributed by atoms with Gasteiger partial charge in [0.15, 0.2) is 5.69 Å². The number of primary amides is 1. The Morgan fingerprint density at radius 1 is 1.06 bits per heavy atom. The average molecular weight is 474 g/mol. The van der Waals surface area contributed by atoms with Crippen molar-refractivity contribution in [3.63, 3.8) is 0 Å². The third-order valence-corrected chi connectivity index (χ3v) is 6.12. The van der Waals surface area contributed by atoms with Crippen LogP contribution in [0.5, 0.6) is 5.75 Å². The van der Waals surface area contributed by atoms with Crippen molar-refractivity contribution < 1.29 is 14.7 Å². The molecule has 6 N–H and O–H groups in total. The third kappa shape index (κ3) is 3.74. The van der Waals surface area contributed by atoms with E-state index in [1.165, 1.54) is 6.07 Å². The highest BCUT2D eigenvalue weighted by molar-refractivity contribution is 6.34. The smallest absolute Gasteiger partial charge is 0.269 e. The monoisotopic (exact) mass is 473 g/mol. The van der Waals surface area contributed by atoms with Gasteiger partial charge in [0.2, 0.25) is 0 Å². The zero-order valence-electron chi connectivity index (χ0n) is 17.9. The van der Waals surface area contributed by atoms with E-state index in [-0.39, 0.29) is 17.0 Å². The van der Waals surface area contributed by atoms with E-state index in [0.717, 1.165) is 16.7 Å². The number of benzene rings is 3. The van der Waals surface area contributed by atoms with E-state index in [9.17, 15) is 14.7 Å². The van der Waals surface area contributed by atoms with E-state index >= 15 is 0 Å². The summed E-state index contributed by atoms with van der Waals surface area (Å²) in [5.74, 6) is -0.953. The molecule has 1 aromatic heterocycles. The molecular weight excluding hydrogens is 454 g/mol. The molecule has 0 aliphatic heterocycles. The molecule has 5 rings (SSSR count). The summed E-state index contributed by atoms with van der Waals surface area (Å²) in [6, 6.07) is 16.9. The number of aromatic nitrogens is 2. The Bertz CT molecular complexity index is 1480. The molecule has 0 saturated carbocycles. The molecule has 4 aromatic rings. The Hall–Kier alpha value is -4.30. The Labute approximate surface area is 199 Å². The lowest BCUT2D eigenvalue weighted by atomic mass is 9.88. The van der Waals surface area contributed by atoms with Crippen LogP contribution >= 0.6 is 11.6 Å². The van der Waals surface area contributed by atoms with E-state index in [1.54, 1.807) is 41.1 Å². The number of amides is 2. The van der Waals surface area contributed by atoms with E-state index in [0.29, 0.717) is 40.6 Å². The molecule has 0 spiro atoms. The summed E-state index contributed by atoms with van der Waals surface area (Å²) >= 11 is 6.18. The maximum absolute atomic E-state index is 12.9. The molecule has 0 fully saturated rings. The number of carbonyl (C=O) groups is 2. The number of anilines is 2. The van der Waals surface area contributed by atoms with E-state index < -0.39 is 11.8 Å². The van der Waals surface area contributed by atoms with Crippen LogP contribution in [-0.2, 0) is 12.8 Å². The van der Waals surface area contributed by atoms with Gasteiger partial charge in [-0.15, -0.1) is 0 Å². The first-order valence-corrected chi connectivity index (χ1v) is 10.9. The van der Waals surface area contributed by atoms with Gasteiger partial charge in [0, 0.05) is 28.6 Å². The Morgan fingerprint density at radius 3 is 2.65 bits per heavy atom. The van der Waals surface area contributed by atoms with Crippen LogP contribution in [0.25, 0.3) is 16.9 Å². The van der Waals surface area contributed by atoms with Crippen molar-refractivity contribution in [2.45, 2.75) is 12.8 Å². The quantitative estimate of drug-likeness (QED) is 0.333. The molecule has 0 bridgehead atoms. The summed E-state index contributed by atoms with van der Waals surface area (Å²) in [5.41, 5.74) is 16.7. The molecule has 1 aliphatic rings. The number of fused-ring (bicyclic) bond motifs is 3. The molecule has 9 heteroatoms. The van der Waals surface area contributed by atoms with Crippen LogP contribution < -0.4 is 16.8 Å². The second-order valence-corrected chi connectivity index (χ2v) is 8.44. The van der Waals surface area contributed by atoms with E-state index in [2.05, 4.69) is 10.4 Å². The molecular formula is C25H20ClN5O3. The Morgan fingerprint density at radius 2 is 1.88 bits per heavy atom. The van der Waals surface area contributed by atoms with E-state index in [4.69, 9.17) is 23.1 Å². The number of nitrogens with one attached hydrogen (secondary N) is 1. The second kappa shape index (κ2) is 8.24. The van der Waals surface area contributed by atoms with Crippen LogP contribution in [0, 0.1) is 0 Å². The molecule has 8 nitrogen and oxygen atoms in total. The summed E-state index contributed by atoms with van der Waals surface area (Å²) in [6.45, 7) is 0. The van der Waals surface area contributed by atoms with Crippen LogP contribution in [0.15, 0.2) is 60.7 Å². The van der Waals surface area contributed by atoms with Crippen molar-refractivity contribution in [2.75, 3.05) is 11.1 Å². The number of aryl methyl sites for hydroxylation is 1. The maximum atomic E-state index is 12.9. The first-order chi connectivity index (χ1) is 16.3. The second-order valence-electron chi connectivity index (χ2n) is 8.04. The fraction of sp³-hybridized carbons (Fsp3) is 0.0800. The minimum absolute atomic E-state index is 0.0680. The van der Waals surface area contributed by atoms with Gasteiger partial charge < -0.3 is 21.9 Å². The van der Waals surface area contributed by atoms with Crippen LogP contribution in [-0.4, -0.2) is 26.7 Å². The molecule has 170 valence electrons. The number of nitrogens with zero attached hydrogens (tertiary/aromatic N) is 2. The van der Waals surface area contributed by atoms with Crippen molar-refractivity contribution >= 4 is 34.8 Å². The summed E-state index contributed by atoms with van der Waals surface area (Å²) in [5, 5.41) is 17.6. The molecule has 0 radical (unpaired) electrons. The largest absolute Gasteiger partial charge is 0.508 e. The van der Waals surface area contributed by atoms with Gasteiger partial charge in [0.1, 0.15) is 5.75 Å². The van der Waals surface area contributed by atoms with Gasteiger partial charge in [-0.3, -0.25) is 9.59 Å². The Balaban J connectivity index is 1.61. The van der Waals surface area contributed by atoms with Crippen LogP contribution in [0.1, 0.15) is 32.0 Å². The van der Waals surface area contributed by atoms with Gasteiger partial charge in [-0.2, -0.15) is 5.10 Å². The molecule has 0 unspecified atom stereocenters. The molecule has 1 aliphatic carbocycles. The molecule has 34 heavy (non-hydrogen) atoms. The summed E-state index contributed by atoms with van der Waals surface area (Å²) in [6.07, 6.45) is 1.27. The molecule has 1 heterocycles. The SMILES string of the molecule is NC(=O)c1nn(-c2cccc(O)c2)c2c1CCc1ccc(NC(=O)c3cc(N)ccc3Cl)cc1-2. The Kier molecular flexibility index (Phi) is 5.22. The molecule has 2 amide bonds. The van der Waals surface area contributed by atoms with Crippen molar-refractivity contribution in [2.24, 2.45) is 5.73 Å². The highest BCUT2D eigenvalue weighted by Gasteiger charge is 2.28. The van der Waals surface area contributed by atoms with Crippen LogP contribution in [0.2, 0.25) is 5.02 Å². The fourth-order valence-corrected chi connectivity index (χ4v) is 4.44. The van der Waals surface area contributed by atoms with Crippen molar-refractivity contribution in [3.05, 3.63) is 88.1 Å². The van der Waals surface area contributed by atoms with Crippen molar-refractivity contribution in [1.29, 1.82) is 0 Å². The number of carbonyl (C=O) groups excluding carboxylic acids is 2. The number of aromatic hydroxyl groups is 1. The predicted octanol–water partition coefficient (Wildman–Crippen LogP) is 3.93. The number of phenolic OH excluding ortho intramolecular Hbond substituents is 1. The van der Waals surface area contributed by atoms with Gasteiger partial charge >= 0.3 is 0 Å². The lowest BCUT2D eigenvalue weighted by Crippen LogP contribution is -2.16. The van der Waals surface area contributed by atoms with Gasteiger partial charge in [0.25, 0.3) is 11.8 Å².